The number of nitrogens with one attached hydrogen (secondary N) is 1. The van der Waals surface area contributed by atoms with Crippen LogP contribution in [0.3, 0.4) is 0 Å². The number of carbonyl (C=O) groups is 2. The lowest BCUT2D eigenvalue weighted by Crippen LogP contribution is -2.23. The Hall–Kier alpha value is -2.84. The van der Waals surface area contributed by atoms with Crippen molar-refractivity contribution in [3.63, 3.8) is 0 Å². The van der Waals surface area contributed by atoms with Gasteiger partial charge in [0.2, 0.25) is 0 Å². The van der Waals surface area contributed by atoms with Crippen molar-refractivity contribution in [1.82, 2.24) is 9.97 Å². The van der Waals surface area contributed by atoms with E-state index in [1.807, 2.05) is 13.0 Å². The Morgan fingerprint density at radius 2 is 2.07 bits per heavy atom. The van der Waals surface area contributed by atoms with E-state index < -0.39 is 0 Å². The van der Waals surface area contributed by atoms with Crippen LogP contribution in [-0.4, -0.2) is 41.5 Å². The number of allylic oxidation sites excluding steroid dienone is 2. The first kappa shape index (κ1) is 19.5. The number of hydrogen-bond donors (Lipinski definition) is 1. The average molecular weight is 411 g/mol. The molecule has 4 rings (SSSR count). The van der Waals surface area contributed by atoms with Gasteiger partial charge in [0, 0.05) is 36.6 Å². The van der Waals surface area contributed by atoms with Gasteiger partial charge in [0.25, 0.3) is 5.91 Å². The quantitative estimate of drug-likeness (QED) is 0.756. The number of Topliss-reactive ketones (excluding diaryl/α,β-unsaturated/α-hetero) is 1. The molecule has 0 bridgehead atoms. The molecule has 1 fully saturated rings. The lowest BCUT2D eigenvalue weighted by atomic mass is 9.93. The number of aromatic nitrogens is 2. The van der Waals surface area contributed by atoms with E-state index in [0.717, 1.165) is 11.3 Å². The van der Waals surface area contributed by atoms with Gasteiger partial charge in [-0.25, -0.2) is 4.98 Å². The van der Waals surface area contributed by atoms with Crippen LogP contribution in [0, 0.1) is 12.8 Å². The Bertz CT molecular complexity index is 972. The molecule has 0 unspecified atom stereocenters. The van der Waals surface area contributed by atoms with Gasteiger partial charge in [-0.1, -0.05) is 17.4 Å². The minimum atomic E-state index is -0.309. The Kier molecular flexibility index (Phi) is 5.82. The third kappa shape index (κ3) is 4.44. The van der Waals surface area contributed by atoms with Crippen LogP contribution >= 0.6 is 11.3 Å². The maximum Gasteiger partial charge on any atom is 0.259 e. The first-order valence-electron chi connectivity index (χ1n) is 9.46. The van der Waals surface area contributed by atoms with Crippen LogP contribution in [0.5, 0.6) is 0 Å². The lowest BCUT2D eigenvalue weighted by molar-refractivity contribution is 0.0547. The number of ketones is 1. The van der Waals surface area contributed by atoms with Gasteiger partial charge >= 0.3 is 0 Å². The summed E-state index contributed by atoms with van der Waals surface area (Å²) in [6.07, 6.45) is 8.18. The van der Waals surface area contributed by atoms with Crippen LogP contribution in [0.25, 0.3) is 5.57 Å². The van der Waals surface area contributed by atoms with Crippen molar-refractivity contribution in [3.05, 3.63) is 58.6 Å². The van der Waals surface area contributed by atoms with Crippen molar-refractivity contribution in [2.24, 2.45) is 5.92 Å². The highest BCUT2D eigenvalue weighted by Crippen LogP contribution is 2.33. The highest BCUT2D eigenvalue weighted by atomic mass is 32.1. The molecule has 7 nitrogen and oxygen atoms in total. The summed E-state index contributed by atoms with van der Waals surface area (Å²) < 4.78 is 10.8. The largest absolute Gasteiger partial charge is 0.496 e. The van der Waals surface area contributed by atoms with Gasteiger partial charge in [-0.15, -0.1) is 0 Å². The summed E-state index contributed by atoms with van der Waals surface area (Å²) in [5, 5.41) is 3.19. The summed E-state index contributed by atoms with van der Waals surface area (Å²) in [7, 11) is 0. The number of anilines is 1. The number of nitrogens with zero attached hydrogens (tertiary/aromatic N) is 2. The van der Waals surface area contributed by atoms with E-state index >= 15 is 0 Å². The topological polar surface area (TPSA) is 90.4 Å². The van der Waals surface area contributed by atoms with Gasteiger partial charge in [-0.2, -0.15) is 0 Å². The zero-order valence-electron chi connectivity index (χ0n) is 16.0. The van der Waals surface area contributed by atoms with Crippen LogP contribution < -0.4 is 5.32 Å². The molecule has 0 atom stereocenters. The molecule has 0 aliphatic carbocycles. The normalized spacial score (nSPS) is 16.8. The molecular formula is C21H21N3O4S. The number of hydrogen-bond acceptors (Lipinski definition) is 7. The van der Waals surface area contributed by atoms with Crippen LogP contribution in [0.2, 0.25) is 0 Å². The summed E-state index contributed by atoms with van der Waals surface area (Å²) in [6, 6.07) is 3.49. The molecule has 150 valence electrons. The van der Waals surface area contributed by atoms with E-state index in [9.17, 15) is 9.59 Å². The van der Waals surface area contributed by atoms with Crippen molar-refractivity contribution >= 4 is 33.7 Å². The van der Waals surface area contributed by atoms with Crippen molar-refractivity contribution in [2.75, 3.05) is 25.1 Å². The number of ether oxygens (including phenoxy) is 2. The maximum absolute atomic E-state index is 13.2. The Labute approximate surface area is 172 Å². The fourth-order valence-electron chi connectivity index (χ4n) is 3.22. The second kappa shape index (κ2) is 8.67. The Balaban J connectivity index is 1.62. The maximum atomic E-state index is 13.2. The van der Waals surface area contributed by atoms with Crippen molar-refractivity contribution in [3.8, 4) is 0 Å². The van der Waals surface area contributed by atoms with E-state index in [0.29, 0.717) is 53.9 Å². The van der Waals surface area contributed by atoms with Gasteiger partial charge in [0.1, 0.15) is 11.5 Å². The molecule has 0 aromatic carbocycles. The lowest BCUT2D eigenvalue weighted by Gasteiger charge is -2.20. The number of rotatable bonds is 5. The minimum Gasteiger partial charge on any atom is -0.496 e. The highest BCUT2D eigenvalue weighted by Gasteiger charge is 2.29. The molecule has 1 amide bonds. The van der Waals surface area contributed by atoms with E-state index in [4.69, 9.17) is 9.47 Å². The molecule has 2 aromatic rings. The standard InChI is InChI=1S/C21H21N3O4S/c1-13-4-5-15(11-22-13)20(26)24-21-23-17(16-3-2-8-28-12-16)19(29-21)18(25)14-6-9-27-10-7-14/h2-5,8,11,14H,6-7,9-10,12H2,1H3,(H,23,24,26). The molecule has 1 saturated heterocycles. The number of carbonyl (C=O) groups excluding carboxylic acids is 2. The molecule has 0 spiro atoms. The zero-order chi connectivity index (χ0) is 20.2. The number of aryl methyl sites for hydroxylation is 1. The molecule has 0 saturated carbocycles. The Morgan fingerprint density at radius 3 is 2.76 bits per heavy atom. The van der Waals surface area contributed by atoms with Crippen LogP contribution in [-0.2, 0) is 9.47 Å². The molecule has 4 heterocycles. The summed E-state index contributed by atoms with van der Waals surface area (Å²) in [5.74, 6) is -0.348. The number of pyridine rings is 1. The van der Waals surface area contributed by atoms with E-state index in [-0.39, 0.29) is 17.6 Å². The summed E-state index contributed by atoms with van der Waals surface area (Å²) in [4.78, 5) is 35.0. The molecule has 8 heteroatoms. The van der Waals surface area contributed by atoms with Crippen molar-refractivity contribution in [2.45, 2.75) is 19.8 Å². The first-order valence-corrected chi connectivity index (χ1v) is 10.3. The van der Waals surface area contributed by atoms with E-state index in [2.05, 4.69) is 15.3 Å². The smallest absolute Gasteiger partial charge is 0.259 e. The summed E-state index contributed by atoms with van der Waals surface area (Å²) >= 11 is 1.21. The van der Waals surface area contributed by atoms with Gasteiger partial charge in [0.15, 0.2) is 10.9 Å². The van der Waals surface area contributed by atoms with Crippen LogP contribution in [0.1, 0.15) is 44.3 Å². The second-order valence-corrected chi connectivity index (χ2v) is 7.92. The fraction of sp³-hybridized carbons (Fsp3) is 0.333. The van der Waals surface area contributed by atoms with Gasteiger partial charge in [-0.3, -0.25) is 19.9 Å². The van der Waals surface area contributed by atoms with Crippen LogP contribution in [0.15, 0.2) is 36.7 Å². The number of thiazole rings is 1. The zero-order valence-corrected chi connectivity index (χ0v) is 16.8. The van der Waals surface area contributed by atoms with Gasteiger partial charge in [-0.05, 0) is 38.0 Å². The van der Waals surface area contributed by atoms with E-state index in [1.165, 1.54) is 17.5 Å². The van der Waals surface area contributed by atoms with Gasteiger partial charge < -0.3 is 9.47 Å². The minimum absolute atomic E-state index is 0.0498. The molecule has 0 radical (unpaired) electrons. The first-order chi connectivity index (χ1) is 14.1. The van der Waals surface area contributed by atoms with E-state index in [1.54, 1.807) is 24.5 Å². The third-order valence-corrected chi connectivity index (χ3v) is 5.84. The van der Waals surface area contributed by atoms with Crippen LogP contribution in [0.4, 0.5) is 5.13 Å². The number of amides is 1. The summed E-state index contributed by atoms with van der Waals surface area (Å²) in [6.45, 7) is 3.37. The van der Waals surface area contributed by atoms with Gasteiger partial charge in [0.05, 0.1) is 17.5 Å². The average Bonchev–Trinajstić information content (AvgIpc) is 3.18. The molecule has 2 aliphatic heterocycles. The van der Waals surface area contributed by atoms with Crippen molar-refractivity contribution in [1.29, 1.82) is 0 Å². The molecule has 1 N–H and O–H groups in total. The molecule has 29 heavy (non-hydrogen) atoms. The fourth-order valence-corrected chi connectivity index (χ4v) is 4.23. The van der Waals surface area contributed by atoms with Crippen molar-refractivity contribution < 1.29 is 19.1 Å². The molecular weight excluding hydrogens is 390 g/mol. The molecule has 2 aromatic heterocycles. The third-order valence-electron chi connectivity index (χ3n) is 4.85. The molecule has 2 aliphatic rings. The summed E-state index contributed by atoms with van der Waals surface area (Å²) in [5.41, 5.74) is 2.66. The monoisotopic (exact) mass is 411 g/mol. The highest BCUT2D eigenvalue weighted by molar-refractivity contribution is 7.18. The second-order valence-electron chi connectivity index (χ2n) is 6.92. The Morgan fingerprint density at radius 1 is 1.24 bits per heavy atom. The SMILES string of the molecule is Cc1ccc(C(=O)Nc2nc(C3=CC=COC3)c(C(=O)C3CCOCC3)s2)cn1. The predicted octanol–water partition coefficient (Wildman–Crippen LogP) is 3.64. The predicted molar refractivity (Wildman–Crippen MR) is 110 cm³/mol.